The van der Waals surface area contributed by atoms with Gasteiger partial charge in [0.2, 0.25) is 0 Å². The van der Waals surface area contributed by atoms with E-state index in [0.29, 0.717) is 0 Å². The SMILES string of the molecule is Clc1ccccc1C(Cl)(Cl)C(=C(C(Cl)(Cl)c1ccccc1Cl)C(Cl)(Cl)c1ccccc1Cl)C(Cl)(Cl)c1ccccc1Cl. The number of rotatable bonds is 8. The Labute approximate surface area is 304 Å². The van der Waals surface area contributed by atoms with E-state index in [2.05, 4.69) is 0 Å². The van der Waals surface area contributed by atoms with Crippen LogP contribution in [0.15, 0.2) is 108 Å². The predicted molar refractivity (Wildman–Crippen MR) is 186 cm³/mol. The molecule has 0 spiro atoms. The van der Waals surface area contributed by atoms with Gasteiger partial charge in [-0.25, -0.2) is 0 Å². The van der Waals surface area contributed by atoms with Gasteiger partial charge in [-0.2, -0.15) is 0 Å². The number of allylic oxidation sites excluding steroid dienone is 2. The molecule has 4 rings (SSSR count). The molecule has 4 aromatic carbocycles. The second kappa shape index (κ2) is 13.4. The average Bonchev–Trinajstić information content (AvgIpc) is 2.91. The van der Waals surface area contributed by atoms with Crippen LogP contribution in [0.2, 0.25) is 20.1 Å². The van der Waals surface area contributed by atoms with Crippen molar-refractivity contribution in [2.45, 2.75) is 17.3 Å². The van der Waals surface area contributed by atoms with E-state index in [1.165, 1.54) is 0 Å². The maximum Gasteiger partial charge on any atom is 0.169 e. The number of benzene rings is 4. The zero-order valence-corrected chi connectivity index (χ0v) is 29.8. The van der Waals surface area contributed by atoms with E-state index in [1.807, 2.05) is 0 Å². The van der Waals surface area contributed by atoms with Crippen molar-refractivity contribution in [3.63, 3.8) is 0 Å². The fourth-order valence-electron chi connectivity index (χ4n) is 4.42. The van der Waals surface area contributed by atoms with Crippen LogP contribution in [0.3, 0.4) is 0 Å². The fraction of sp³-hybridized carbons (Fsp3) is 0.133. The van der Waals surface area contributed by atoms with Gasteiger partial charge in [-0.15, -0.1) is 0 Å². The topological polar surface area (TPSA) is 0 Å². The Morgan fingerprint density at radius 1 is 0.310 bits per heavy atom. The van der Waals surface area contributed by atoms with E-state index < -0.39 is 17.3 Å². The summed E-state index contributed by atoms with van der Waals surface area (Å²) in [6.07, 6.45) is 0. The smallest absolute Gasteiger partial charge is 0.0911 e. The minimum atomic E-state index is -2.19. The van der Waals surface area contributed by atoms with E-state index in [9.17, 15) is 0 Å². The lowest BCUT2D eigenvalue weighted by Gasteiger charge is -2.42. The van der Waals surface area contributed by atoms with Gasteiger partial charge in [0.15, 0.2) is 17.3 Å². The maximum absolute atomic E-state index is 7.29. The van der Waals surface area contributed by atoms with Crippen molar-refractivity contribution < 1.29 is 0 Å². The summed E-state index contributed by atoms with van der Waals surface area (Å²) < 4.78 is -8.77. The Bertz CT molecular complexity index is 1400. The van der Waals surface area contributed by atoms with Gasteiger partial charge in [-0.05, 0) is 24.3 Å². The Hall–Kier alpha value is 0.1000. The largest absolute Gasteiger partial charge is 0.169 e. The molecule has 0 atom stereocenters. The monoisotopic (exact) mass is 796 g/mol. The fourth-order valence-corrected chi connectivity index (χ4v) is 9.52. The summed E-state index contributed by atoms with van der Waals surface area (Å²) in [5, 5.41) is 0.676. The number of halogens is 12. The van der Waals surface area contributed by atoms with Crippen LogP contribution in [0.4, 0.5) is 0 Å². The molecule has 220 valence electrons. The lowest BCUT2D eigenvalue weighted by atomic mass is 9.85. The summed E-state index contributed by atoms with van der Waals surface area (Å²) in [6, 6.07) is 26.1. The molecule has 0 saturated carbocycles. The molecule has 0 N–H and O–H groups in total. The Morgan fingerprint density at radius 3 is 0.643 bits per heavy atom. The quantitative estimate of drug-likeness (QED) is 0.123. The summed E-state index contributed by atoms with van der Waals surface area (Å²) >= 11 is 84.8. The summed E-state index contributed by atoms with van der Waals surface area (Å²) in [6.45, 7) is 0. The molecule has 0 nitrogen and oxygen atoms in total. The van der Waals surface area contributed by atoms with Gasteiger partial charge in [-0.1, -0.05) is 212 Å². The maximum atomic E-state index is 7.29. The predicted octanol–water partition coefficient (Wildman–Crippen LogP) is 14.2. The van der Waals surface area contributed by atoms with Crippen molar-refractivity contribution in [2.75, 3.05) is 0 Å². The molecule has 0 heterocycles. The molecule has 0 aliphatic rings. The lowest BCUT2D eigenvalue weighted by molar-refractivity contribution is 0.752. The van der Waals surface area contributed by atoms with Crippen LogP contribution in [0.25, 0.3) is 0 Å². The first-order valence-corrected chi connectivity index (χ1v) is 16.4. The highest BCUT2D eigenvalue weighted by Crippen LogP contribution is 2.66. The Balaban J connectivity index is 2.30. The Morgan fingerprint density at radius 2 is 0.476 bits per heavy atom. The van der Waals surface area contributed by atoms with Gasteiger partial charge in [-0.3, -0.25) is 0 Å². The number of hydrogen-bond donors (Lipinski definition) is 0. The van der Waals surface area contributed by atoms with Gasteiger partial charge in [0.1, 0.15) is 0 Å². The molecule has 0 aliphatic carbocycles. The second-order valence-corrected chi connectivity index (χ2v) is 15.9. The molecule has 12 heteroatoms. The van der Waals surface area contributed by atoms with E-state index in [1.54, 1.807) is 97.1 Å². The first kappa shape index (κ1) is 35.0. The van der Waals surface area contributed by atoms with Gasteiger partial charge in [0, 0.05) is 53.5 Å². The molecule has 0 aliphatic heterocycles. The molecule has 0 fully saturated rings. The summed E-state index contributed by atoms with van der Waals surface area (Å²) in [5.74, 6) is 0. The number of alkyl halides is 8. The van der Waals surface area contributed by atoms with Crippen LogP contribution in [-0.4, -0.2) is 0 Å². The van der Waals surface area contributed by atoms with Crippen LogP contribution < -0.4 is 0 Å². The molecule has 4 aromatic rings. The highest BCUT2D eigenvalue weighted by molar-refractivity contribution is 6.60. The van der Waals surface area contributed by atoms with Crippen LogP contribution in [0, 0.1) is 0 Å². The highest BCUT2D eigenvalue weighted by Gasteiger charge is 2.57. The van der Waals surface area contributed by atoms with Crippen LogP contribution in [0.1, 0.15) is 22.3 Å². The molecule has 0 amide bonds. The molecule has 0 unspecified atom stereocenters. The van der Waals surface area contributed by atoms with Gasteiger partial charge in [0.05, 0.1) is 0 Å². The standard InChI is InChI=1S/C30H16Cl12/c31-21-13-5-1-9-17(21)27(35,36)25(28(37,38)18-10-2-6-14-22(18)32)26(29(39,40)19-11-3-7-15-23(19)33)30(41,42)20-12-4-8-16-24(20)34/h1-16H. The highest BCUT2D eigenvalue weighted by atomic mass is 35.5. The van der Waals surface area contributed by atoms with Gasteiger partial charge >= 0.3 is 0 Å². The van der Waals surface area contributed by atoms with E-state index in [0.717, 1.165) is 0 Å². The van der Waals surface area contributed by atoms with Gasteiger partial charge < -0.3 is 0 Å². The molecule has 0 aromatic heterocycles. The normalized spacial score (nSPS) is 12.8. The van der Waals surface area contributed by atoms with E-state index in [4.69, 9.17) is 139 Å². The molecule has 42 heavy (non-hydrogen) atoms. The van der Waals surface area contributed by atoms with Crippen molar-refractivity contribution >= 4 is 139 Å². The Kier molecular flexibility index (Phi) is 11.2. The average molecular weight is 802 g/mol. The zero-order chi connectivity index (χ0) is 31.1. The van der Waals surface area contributed by atoms with Crippen molar-refractivity contribution in [3.8, 4) is 0 Å². The summed E-state index contributed by atoms with van der Waals surface area (Å²) in [4.78, 5) is 0. The minimum absolute atomic E-state index is 0.169. The van der Waals surface area contributed by atoms with Crippen molar-refractivity contribution in [1.29, 1.82) is 0 Å². The number of hydrogen-bond acceptors (Lipinski definition) is 0. The third-order valence-corrected chi connectivity index (χ3v) is 10.8. The minimum Gasteiger partial charge on any atom is -0.0911 e. The van der Waals surface area contributed by atoms with Crippen molar-refractivity contribution in [3.05, 3.63) is 151 Å². The molecular formula is C30H16Cl12. The third kappa shape index (κ3) is 6.64. The van der Waals surface area contributed by atoms with Crippen LogP contribution in [-0.2, 0) is 17.3 Å². The van der Waals surface area contributed by atoms with E-state index in [-0.39, 0.29) is 53.5 Å². The summed E-state index contributed by atoms with van der Waals surface area (Å²) in [7, 11) is 0. The summed E-state index contributed by atoms with van der Waals surface area (Å²) in [5.41, 5.74) is 0.188. The van der Waals surface area contributed by atoms with Crippen molar-refractivity contribution in [1.82, 2.24) is 0 Å². The van der Waals surface area contributed by atoms with Crippen LogP contribution in [0.5, 0.6) is 0 Å². The molecule has 0 bridgehead atoms. The molecule has 0 saturated heterocycles. The molecular weight excluding hydrogens is 786 g/mol. The lowest BCUT2D eigenvalue weighted by Crippen LogP contribution is -2.38. The third-order valence-electron chi connectivity index (χ3n) is 6.35. The molecule has 0 radical (unpaired) electrons. The van der Waals surface area contributed by atoms with Crippen molar-refractivity contribution in [2.24, 2.45) is 0 Å². The first-order valence-electron chi connectivity index (χ1n) is 11.8. The van der Waals surface area contributed by atoms with Gasteiger partial charge in [0.25, 0.3) is 0 Å². The first-order chi connectivity index (χ1) is 19.6. The zero-order valence-electron chi connectivity index (χ0n) is 20.8. The van der Waals surface area contributed by atoms with E-state index >= 15 is 0 Å². The van der Waals surface area contributed by atoms with Crippen LogP contribution >= 0.6 is 139 Å². The second-order valence-electron chi connectivity index (χ2n) is 8.97.